The molecule has 2 N–H and O–H groups in total. The monoisotopic (exact) mass is 294 g/mol. The van der Waals surface area contributed by atoms with Gasteiger partial charge in [-0.2, -0.15) is 11.8 Å². The molecule has 20 heavy (non-hydrogen) atoms. The summed E-state index contributed by atoms with van der Waals surface area (Å²) in [6.07, 6.45) is 6.18. The van der Waals surface area contributed by atoms with Gasteiger partial charge in [0.2, 0.25) is 0 Å². The number of hydrogen-bond donors (Lipinski definition) is 2. The van der Waals surface area contributed by atoms with E-state index in [0.717, 1.165) is 29.6 Å². The van der Waals surface area contributed by atoms with Crippen LogP contribution in [-0.4, -0.2) is 34.6 Å². The molecular formula is C15H26N4S. The van der Waals surface area contributed by atoms with Crippen molar-refractivity contribution in [2.45, 2.75) is 50.7 Å². The van der Waals surface area contributed by atoms with Crippen molar-refractivity contribution in [3.05, 3.63) is 11.4 Å². The number of hydrogen-bond acceptors (Lipinski definition) is 5. The molecule has 0 unspecified atom stereocenters. The first-order valence-electron chi connectivity index (χ1n) is 7.36. The van der Waals surface area contributed by atoms with Gasteiger partial charge in [-0.05, 0) is 26.0 Å². The van der Waals surface area contributed by atoms with E-state index in [1.807, 2.05) is 18.8 Å². The van der Waals surface area contributed by atoms with Crippen LogP contribution in [-0.2, 0) is 0 Å². The maximum absolute atomic E-state index is 4.70. The Morgan fingerprint density at radius 1 is 1.25 bits per heavy atom. The molecule has 4 nitrogen and oxygen atoms in total. The van der Waals surface area contributed by atoms with E-state index in [9.17, 15) is 0 Å². The summed E-state index contributed by atoms with van der Waals surface area (Å²) in [4.78, 5) is 9.29. The van der Waals surface area contributed by atoms with Gasteiger partial charge >= 0.3 is 0 Å². The first-order chi connectivity index (χ1) is 9.51. The van der Waals surface area contributed by atoms with Crippen LogP contribution in [0.2, 0.25) is 0 Å². The Kier molecular flexibility index (Phi) is 4.78. The minimum absolute atomic E-state index is 0.335. The minimum atomic E-state index is 0.335. The lowest BCUT2D eigenvalue weighted by molar-refractivity contribution is 0.379. The summed E-state index contributed by atoms with van der Waals surface area (Å²) >= 11 is 1.98. The van der Waals surface area contributed by atoms with Crippen LogP contribution in [0.5, 0.6) is 0 Å². The largest absolute Gasteiger partial charge is 0.373 e. The van der Waals surface area contributed by atoms with Crippen molar-refractivity contribution in [3.63, 3.8) is 0 Å². The number of nitrogens with one attached hydrogen (secondary N) is 2. The fraction of sp³-hybridized carbons (Fsp3) is 0.733. The fourth-order valence-corrected chi connectivity index (χ4v) is 3.39. The van der Waals surface area contributed by atoms with Crippen molar-refractivity contribution >= 4 is 23.4 Å². The summed E-state index contributed by atoms with van der Waals surface area (Å²) in [5, 5.41) is 6.74. The highest BCUT2D eigenvalue weighted by molar-refractivity contribution is 8.00. The average Bonchev–Trinajstić information content (AvgIpc) is 2.39. The standard InChI is InChI=1S/C15H26N4S/c1-10(2)12-18-13(16-4)11(3)14(19-12)17-9-15(20-5)7-6-8-15/h10H,6-9H2,1-5H3,(H2,16,17,18,19). The maximum Gasteiger partial charge on any atom is 0.135 e. The van der Waals surface area contributed by atoms with Crippen LogP contribution >= 0.6 is 11.8 Å². The minimum Gasteiger partial charge on any atom is -0.373 e. The SMILES string of the molecule is CNc1nc(C(C)C)nc(NCC2(SC)CCC2)c1C. The summed E-state index contributed by atoms with van der Waals surface area (Å²) in [6.45, 7) is 7.32. The topological polar surface area (TPSA) is 49.8 Å². The molecule has 1 fully saturated rings. The Labute approximate surface area is 126 Å². The van der Waals surface area contributed by atoms with Crippen LogP contribution in [0.15, 0.2) is 0 Å². The Bertz CT molecular complexity index is 464. The summed E-state index contributed by atoms with van der Waals surface area (Å²) in [5.41, 5.74) is 1.10. The normalized spacial score (nSPS) is 16.9. The lowest BCUT2D eigenvalue weighted by atomic mass is 9.84. The van der Waals surface area contributed by atoms with Crippen LogP contribution < -0.4 is 10.6 Å². The van der Waals surface area contributed by atoms with E-state index in [0.29, 0.717) is 10.7 Å². The van der Waals surface area contributed by atoms with Gasteiger partial charge in [0.15, 0.2) is 0 Å². The number of rotatable bonds is 6. The molecule has 2 rings (SSSR count). The van der Waals surface area contributed by atoms with E-state index < -0.39 is 0 Å². The van der Waals surface area contributed by atoms with Crippen molar-refractivity contribution in [3.8, 4) is 0 Å². The Morgan fingerprint density at radius 3 is 2.35 bits per heavy atom. The number of thioether (sulfide) groups is 1. The van der Waals surface area contributed by atoms with Crippen LogP contribution in [0, 0.1) is 6.92 Å². The van der Waals surface area contributed by atoms with Gasteiger partial charge in [0.25, 0.3) is 0 Å². The third-order valence-corrected chi connectivity index (χ3v) is 5.61. The molecule has 1 heterocycles. The zero-order valence-electron chi connectivity index (χ0n) is 13.2. The van der Waals surface area contributed by atoms with E-state index in [2.05, 4.69) is 42.6 Å². The molecule has 0 bridgehead atoms. The predicted molar refractivity (Wildman–Crippen MR) is 89.0 cm³/mol. The van der Waals surface area contributed by atoms with Gasteiger partial charge in [-0.1, -0.05) is 20.3 Å². The van der Waals surface area contributed by atoms with E-state index in [-0.39, 0.29) is 0 Å². The van der Waals surface area contributed by atoms with Crippen LogP contribution in [0.25, 0.3) is 0 Å². The molecule has 1 aromatic rings. The van der Waals surface area contributed by atoms with Gasteiger partial charge < -0.3 is 10.6 Å². The highest BCUT2D eigenvalue weighted by atomic mass is 32.2. The summed E-state index contributed by atoms with van der Waals surface area (Å²) < 4.78 is 0.412. The summed E-state index contributed by atoms with van der Waals surface area (Å²) in [6, 6.07) is 0. The molecule has 0 aromatic carbocycles. The highest BCUT2D eigenvalue weighted by Gasteiger charge is 2.36. The van der Waals surface area contributed by atoms with Gasteiger partial charge in [0.05, 0.1) is 0 Å². The van der Waals surface area contributed by atoms with Crippen LogP contribution in [0.4, 0.5) is 11.6 Å². The molecule has 0 spiro atoms. The quantitative estimate of drug-likeness (QED) is 0.838. The van der Waals surface area contributed by atoms with Crippen molar-refractivity contribution in [2.75, 3.05) is 30.5 Å². The first-order valence-corrected chi connectivity index (χ1v) is 8.59. The van der Waals surface area contributed by atoms with Gasteiger partial charge in [-0.3, -0.25) is 0 Å². The van der Waals surface area contributed by atoms with Crippen molar-refractivity contribution in [1.82, 2.24) is 9.97 Å². The Hall–Kier alpha value is -0.970. The smallest absolute Gasteiger partial charge is 0.135 e. The van der Waals surface area contributed by atoms with Crippen molar-refractivity contribution in [1.29, 1.82) is 0 Å². The molecule has 5 heteroatoms. The summed E-state index contributed by atoms with van der Waals surface area (Å²) in [5.74, 6) is 3.14. The second-order valence-electron chi connectivity index (χ2n) is 5.90. The molecule has 0 saturated heterocycles. The van der Waals surface area contributed by atoms with Crippen molar-refractivity contribution < 1.29 is 0 Å². The predicted octanol–water partition coefficient (Wildman–Crippen LogP) is 3.65. The molecule has 1 aliphatic carbocycles. The zero-order valence-corrected chi connectivity index (χ0v) is 14.0. The molecule has 1 aromatic heterocycles. The second-order valence-corrected chi connectivity index (χ2v) is 7.18. The third-order valence-electron chi connectivity index (χ3n) is 4.19. The van der Waals surface area contributed by atoms with Gasteiger partial charge in [0.1, 0.15) is 17.5 Å². The zero-order chi connectivity index (χ0) is 14.8. The Balaban J connectivity index is 2.19. The first kappa shape index (κ1) is 15.4. The number of anilines is 2. The molecule has 1 saturated carbocycles. The van der Waals surface area contributed by atoms with Gasteiger partial charge in [0, 0.05) is 29.8 Å². The molecule has 0 aliphatic heterocycles. The third kappa shape index (κ3) is 3.03. The molecule has 112 valence electrons. The number of aromatic nitrogens is 2. The molecule has 0 amide bonds. The molecule has 0 atom stereocenters. The lowest BCUT2D eigenvalue weighted by Gasteiger charge is -2.40. The van der Waals surface area contributed by atoms with Crippen molar-refractivity contribution in [2.24, 2.45) is 0 Å². The van der Waals surface area contributed by atoms with Gasteiger partial charge in [-0.15, -0.1) is 0 Å². The molecule has 1 aliphatic rings. The van der Waals surface area contributed by atoms with E-state index in [4.69, 9.17) is 4.98 Å². The van der Waals surface area contributed by atoms with Gasteiger partial charge in [-0.25, -0.2) is 9.97 Å². The summed E-state index contributed by atoms with van der Waals surface area (Å²) in [7, 11) is 1.92. The maximum atomic E-state index is 4.70. The Morgan fingerprint density at radius 2 is 1.90 bits per heavy atom. The average molecular weight is 294 g/mol. The van der Waals surface area contributed by atoms with E-state index in [1.165, 1.54) is 19.3 Å². The van der Waals surface area contributed by atoms with Crippen LogP contribution in [0.1, 0.15) is 50.4 Å². The second kappa shape index (κ2) is 6.20. The van der Waals surface area contributed by atoms with E-state index in [1.54, 1.807) is 0 Å². The molecular weight excluding hydrogens is 268 g/mol. The highest BCUT2D eigenvalue weighted by Crippen LogP contribution is 2.42. The number of nitrogens with zero attached hydrogens (tertiary/aromatic N) is 2. The fourth-order valence-electron chi connectivity index (χ4n) is 2.48. The lowest BCUT2D eigenvalue weighted by Crippen LogP contribution is -2.40. The van der Waals surface area contributed by atoms with E-state index >= 15 is 0 Å². The molecule has 0 radical (unpaired) electrons. The van der Waals surface area contributed by atoms with Crippen LogP contribution in [0.3, 0.4) is 0 Å².